The first-order chi connectivity index (χ1) is 17.2. The molecule has 0 spiro atoms. The first-order valence-electron chi connectivity index (χ1n) is 11.5. The highest BCUT2D eigenvalue weighted by atomic mass is 16.7. The summed E-state index contributed by atoms with van der Waals surface area (Å²) < 4.78 is 9.19. The number of nitrogens with zero attached hydrogens (tertiary/aromatic N) is 6. The van der Waals surface area contributed by atoms with Gasteiger partial charge in [0.1, 0.15) is 12.1 Å². The molecule has 1 unspecified atom stereocenters. The van der Waals surface area contributed by atoms with Gasteiger partial charge < -0.3 is 10.1 Å². The number of aliphatic imine (C=N–C) groups is 1. The van der Waals surface area contributed by atoms with Crippen LogP contribution in [-0.2, 0) is 23.2 Å². The van der Waals surface area contributed by atoms with Crippen LogP contribution in [0.2, 0.25) is 0 Å². The Morgan fingerprint density at radius 1 is 1.17 bits per heavy atom. The number of amides is 1. The summed E-state index contributed by atoms with van der Waals surface area (Å²) in [5, 5.41) is 11.5. The SMILES string of the molecule is COc1cc(-c2ncnn3cc(-c4cnn(C)c4)cc23)ccc1CNC(=O)C1=NC(C(C)(C)C)ON1. The highest BCUT2D eigenvalue weighted by Gasteiger charge is 2.32. The zero-order chi connectivity index (χ0) is 25.4. The number of benzene rings is 1. The van der Waals surface area contributed by atoms with E-state index in [0.29, 0.717) is 5.75 Å². The lowest BCUT2D eigenvalue weighted by atomic mass is 9.95. The van der Waals surface area contributed by atoms with Gasteiger partial charge in [-0.1, -0.05) is 32.9 Å². The van der Waals surface area contributed by atoms with Crippen molar-refractivity contribution in [3.05, 3.63) is 54.7 Å². The molecular formula is C25H28N8O3. The number of aromatic nitrogens is 5. The second-order valence-corrected chi connectivity index (χ2v) is 9.70. The molecule has 0 radical (unpaired) electrons. The van der Waals surface area contributed by atoms with E-state index in [1.165, 1.54) is 6.33 Å². The molecule has 0 saturated carbocycles. The minimum Gasteiger partial charge on any atom is -0.496 e. The average molecular weight is 489 g/mol. The Bertz CT molecular complexity index is 1460. The molecule has 4 aromatic rings. The molecule has 1 aliphatic rings. The van der Waals surface area contributed by atoms with Gasteiger partial charge in [0.25, 0.3) is 5.91 Å². The number of ether oxygens (including phenoxy) is 1. The molecule has 1 amide bonds. The van der Waals surface area contributed by atoms with Crippen molar-refractivity contribution in [2.45, 2.75) is 33.5 Å². The molecule has 5 rings (SSSR count). The highest BCUT2D eigenvalue weighted by Crippen LogP contribution is 2.31. The number of carbonyl (C=O) groups excluding carboxylic acids is 1. The van der Waals surface area contributed by atoms with Crippen molar-refractivity contribution in [1.82, 2.24) is 35.2 Å². The Balaban J connectivity index is 1.37. The van der Waals surface area contributed by atoms with Crippen molar-refractivity contribution in [3.63, 3.8) is 0 Å². The monoisotopic (exact) mass is 488 g/mol. The van der Waals surface area contributed by atoms with Gasteiger partial charge in [0, 0.05) is 53.7 Å². The van der Waals surface area contributed by atoms with Gasteiger partial charge in [-0.15, -0.1) is 0 Å². The van der Waals surface area contributed by atoms with Crippen LogP contribution in [0.5, 0.6) is 5.75 Å². The molecule has 0 aliphatic carbocycles. The summed E-state index contributed by atoms with van der Waals surface area (Å²) in [7, 11) is 3.48. The molecule has 0 saturated heterocycles. The summed E-state index contributed by atoms with van der Waals surface area (Å²) in [6, 6.07) is 7.81. The van der Waals surface area contributed by atoms with Crippen LogP contribution in [0.3, 0.4) is 0 Å². The molecular weight excluding hydrogens is 460 g/mol. The van der Waals surface area contributed by atoms with E-state index in [1.807, 2.05) is 70.7 Å². The minimum absolute atomic E-state index is 0.159. The topological polar surface area (TPSA) is 120 Å². The summed E-state index contributed by atoms with van der Waals surface area (Å²) >= 11 is 0. The Hall–Kier alpha value is -4.25. The number of amidine groups is 1. The number of hydrogen-bond donors (Lipinski definition) is 2. The average Bonchev–Trinajstić information content (AvgIpc) is 3.60. The maximum Gasteiger partial charge on any atom is 0.288 e. The third-order valence-corrected chi connectivity index (χ3v) is 5.91. The van der Waals surface area contributed by atoms with Gasteiger partial charge in [-0.05, 0) is 12.1 Å². The zero-order valence-electron chi connectivity index (χ0n) is 20.8. The van der Waals surface area contributed by atoms with E-state index >= 15 is 0 Å². The molecule has 1 atom stereocenters. The van der Waals surface area contributed by atoms with Gasteiger partial charge in [-0.2, -0.15) is 10.2 Å². The normalized spacial score (nSPS) is 15.6. The van der Waals surface area contributed by atoms with Gasteiger partial charge in [-0.3, -0.25) is 9.48 Å². The van der Waals surface area contributed by atoms with E-state index < -0.39 is 6.23 Å². The van der Waals surface area contributed by atoms with Crippen LogP contribution in [-0.4, -0.2) is 49.5 Å². The molecule has 186 valence electrons. The lowest BCUT2D eigenvalue weighted by Gasteiger charge is -2.21. The summed E-state index contributed by atoms with van der Waals surface area (Å²) in [5.41, 5.74) is 7.71. The van der Waals surface area contributed by atoms with Crippen LogP contribution >= 0.6 is 0 Å². The molecule has 2 N–H and O–H groups in total. The number of rotatable bonds is 6. The summed E-state index contributed by atoms with van der Waals surface area (Å²) in [5.74, 6) is 0.446. The van der Waals surface area contributed by atoms with E-state index in [1.54, 1.807) is 16.3 Å². The number of nitrogens with one attached hydrogen (secondary N) is 2. The Labute approximate surface area is 208 Å². The first kappa shape index (κ1) is 23.5. The first-order valence-corrected chi connectivity index (χ1v) is 11.5. The third kappa shape index (κ3) is 4.52. The maximum absolute atomic E-state index is 12.6. The van der Waals surface area contributed by atoms with Gasteiger partial charge in [0.05, 0.1) is 24.5 Å². The molecule has 0 bridgehead atoms. The Morgan fingerprint density at radius 2 is 2.00 bits per heavy atom. The third-order valence-electron chi connectivity index (χ3n) is 5.91. The molecule has 1 aromatic carbocycles. The lowest BCUT2D eigenvalue weighted by Crippen LogP contribution is -2.37. The van der Waals surface area contributed by atoms with E-state index in [-0.39, 0.29) is 23.7 Å². The van der Waals surface area contributed by atoms with E-state index in [9.17, 15) is 4.79 Å². The largest absolute Gasteiger partial charge is 0.496 e. The standard InChI is InChI=1S/C25H28N8O3/c1-25(2,3)24-30-22(31-36-24)23(34)26-10-16-7-6-15(9-20(16)35-5)21-19-8-17(13-33(19)29-14-27-21)18-11-28-32(4)12-18/h6-9,11-14,24H,10H2,1-5H3,(H,26,34)(H,30,31). The number of methoxy groups -OCH3 is 1. The number of carbonyl (C=O) groups is 1. The molecule has 1 aliphatic heterocycles. The summed E-state index contributed by atoms with van der Waals surface area (Å²) in [4.78, 5) is 26.9. The summed E-state index contributed by atoms with van der Waals surface area (Å²) in [6.07, 6.45) is 6.82. The number of hydrogen-bond acceptors (Lipinski definition) is 8. The van der Waals surface area contributed by atoms with Gasteiger partial charge in [0.15, 0.2) is 6.23 Å². The number of hydroxylamine groups is 1. The van der Waals surface area contributed by atoms with Gasteiger partial charge >= 0.3 is 0 Å². The van der Waals surface area contributed by atoms with E-state index in [4.69, 9.17) is 9.57 Å². The van der Waals surface area contributed by atoms with Crippen molar-refractivity contribution < 1.29 is 14.4 Å². The van der Waals surface area contributed by atoms with Crippen molar-refractivity contribution >= 4 is 17.3 Å². The van der Waals surface area contributed by atoms with Crippen LogP contribution in [0, 0.1) is 5.41 Å². The van der Waals surface area contributed by atoms with Crippen LogP contribution in [0.15, 0.2) is 54.2 Å². The zero-order valence-corrected chi connectivity index (χ0v) is 20.8. The second-order valence-electron chi connectivity index (χ2n) is 9.70. The van der Waals surface area contributed by atoms with E-state index in [2.05, 4.69) is 31.0 Å². The molecule has 0 fully saturated rings. The summed E-state index contributed by atoms with van der Waals surface area (Å²) in [6.45, 7) is 6.25. The van der Waals surface area contributed by atoms with Crippen LogP contribution in [0.1, 0.15) is 26.3 Å². The lowest BCUT2D eigenvalue weighted by molar-refractivity contribution is -0.115. The van der Waals surface area contributed by atoms with Crippen molar-refractivity contribution in [2.24, 2.45) is 17.5 Å². The fourth-order valence-electron chi connectivity index (χ4n) is 3.93. The predicted molar refractivity (Wildman–Crippen MR) is 134 cm³/mol. The van der Waals surface area contributed by atoms with Crippen molar-refractivity contribution in [3.8, 4) is 28.1 Å². The molecule has 3 aromatic heterocycles. The van der Waals surface area contributed by atoms with Crippen LogP contribution in [0.25, 0.3) is 27.9 Å². The quantitative estimate of drug-likeness (QED) is 0.428. The predicted octanol–water partition coefficient (Wildman–Crippen LogP) is 2.73. The molecule has 11 heteroatoms. The van der Waals surface area contributed by atoms with Crippen molar-refractivity contribution in [2.75, 3.05) is 7.11 Å². The van der Waals surface area contributed by atoms with Gasteiger partial charge in [0.2, 0.25) is 5.84 Å². The number of aryl methyl sites for hydroxylation is 1. The fourth-order valence-corrected chi connectivity index (χ4v) is 3.93. The van der Waals surface area contributed by atoms with E-state index in [0.717, 1.165) is 33.5 Å². The molecule has 11 nitrogen and oxygen atoms in total. The van der Waals surface area contributed by atoms with Crippen LogP contribution < -0.4 is 15.5 Å². The highest BCUT2D eigenvalue weighted by molar-refractivity contribution is 6.37. The van der Waals surface area contributed by atoms with Crippen LogP contribution in [0.4, 0.5) is 0 Å². The van der Waals surface area contributed by atoms with Crippen molar-refractivity contribution in [1.29, 1.82) is 0 Å². The molecule has 36 heavy (non-hydrogen) atoms. The van der Waals surface area contributed by atoms with Gasteiger partial charge in [-0.25, -0.2) is 24.8 Å². The second kappa shape index (κ2) is 9.08. The maximum atomic E-state index is 12.6. The molecule has 4 heterocycles. The smallest absolute Gasteiger partial charge is 0.288 e. The minimum atomic E-state index is -0.426. The Morgan fingerprint density at radius 3 is 2.69 bits per heavy atom. The fraction of sp³-hybridized carbons (Fsp3) is 0.320. The number of fused-ring (bicyclic) bond motifs is 1. The Kier molecular flexibility index (Phi) is 5.92.